The third kappa shape index (κ3) is 4.60. The number of hydrogen-bond donors (Lipinski definition) is 1. The summed E-state index contributed by atoms with van der Waals surface area (Å²) in [5, 5.41) is 11.4. The first kappa shape index (κ1) is 30.6. The molecule has 9 nitrogen and oxygen atoms in total. The van der Waals surface area contributed by atoms with Crippen LogP contribution in [0.5, 0.6) is 5.75 Å². The minimum atomic E-state index is -2.31. The van der Waals surface area contributed by atoms with Gasteiger partial charge in [0.15, 0.2) is 5.60 Å². The summed E-state index contributed by atoms with van der Waals surface area (Å²) in [6, 6.07) is 21.9. The Kier molecular flexibility index (Phi) is 7.57. The number of carbonyl (C=O) groups excluding carboxylic acids is 3. The van der Waals surface area contributed by atoms with Crippen LogP contribution in [0.25, 0.3) is 0 Å². The Morgan fingerprint density at radius 3 is 2.11 bits per heavy atom. The monoisotopic (exact) mass is 639 g/mol. The number of fused-ring (bicyclic) bond motifs is 2. The van der Waals surface area contributed by atoms with E-state index in [0.717, 1.165) is 40.5 Å². The van der Waals surface area contributed by atoms with Crippen LogP contribution in [0, 0.1) is 5.92 Å². The second kappa shape index (κ2) is 11.4. The van der Waals surface area contributed by atoms with Crippen molar-refractivity contribution in [3.05, 3.63) is 77.9 Å². The van der Waals surface area contributed by atoms with Crippen LogP contribution in [-0.4, -0.2) is 63.8 Å². The van der Waals surface area contributed by atoms with Gasteiger partial charge in [0.25, 0.3) is 5.91 Å². The van der Waals surface area contributed by atoms with Gasteiger partial charge in [-0.15, -0.1) is 0 Å². The lowest BCUT2D eigenvalue weighted by Crippen LogP contribution is -2.51. The molecule has 46 heavy (non-hydrogen) atoms. The standard InChI is InChI=1S/C36H41N3O6Si/c1-23-34(46(3,4)28-12-10-27(44-2)11-13-28)31(17-20-40)45-36(23)29-21-26(38-19-16-33(38)42)9-14-30(29)39(35(36)43)22-24-5-7-25(8-6-24)37-18-15-32(37)41/h5-14,21,23,31,34,40H,15-20,22H2,1-4H3/t23-,31+,34-,36+/m0/s1. The van der Waals surface area contributed by atoms with Crippen molar-refractivity contribution < 1.29 is 29.0 Å². The molecular weight excluding hydrogens is 598 g/mol. The quantitative estimate of drug-likeness (QED) is 0.277. The smallest absolute Gasteiger partial charge is 0.264 e. The fraction of sp³-hybridized carbons (Fsp3) is 0.417. The molecule has 0 bridgehead atoms. The number of hydrogen-bond acceptors (Lipinski definition) is 6. The largest absolute Gasteiger partial charge is 0.497 e. The molecule has 3 fully saturated rings. The molecule has 1 N–H and O–H groups in total. The molecule has 3 saturated heterocycles. The molecule has 3 aromatic rings. The average Bonchev–Trinajstić information content (AvgIpc) is 3.47. The van der Waals surface area contributed by atoms with Gasteiger partial charge in [0, 0.05) is 55.4 Å². The number of nitrogens with zero attached hydrogens (tertiary/aromatic N) is 3. The number of methoxy groups -OCH3 is 1. The van der Waals surface area contributed by atoms with Gasteiger partial charge in [0.05, 0.1) is 33.5 Å². The highest BCUT2D eigenvalue weighted by Crippen LogP contribution is 2.60. The van der Waals surface area contributed by atoms with Gasteiger partial charge < -0.3 is 29.3 Å². The van der Waals surface area contributed by atoms with Gasteiger partial charge >= 0.3 is 0 Å². The Balaban J connectivity index is 1.29. The summed E-state index contributed by atoms with van der Waals surface area (Å²) in [6.07, 6.45) is 1.18. The first-order valence-electron chi connectivity index (χ1n) is 16.2. The van der Waals surface area contributed by atoms with Crippen molar-refractivity contribution in [1.29, 1.82) is 0 Å². The Morgan fingerprint density at radius 2 is 1.54 bits per heavy atom. The number of aliphatic hydroxyl groups is 1. The number of anilines is 3. The zero-order chi connectivity index (χ0) is 32.4. The van der Waals surface area contributed by atoms with Crippen molar-refractivity contribution in [3.63, 3.8) is 0 Å². The maximum absolute atomic E-state index is 15.0. The minimum absolute atomic E-state index is 0.0208. The zero-order valence-electron chi connectivity index (χ0n) is 26.9. The van der Waals surface area contributed by atoms with E-state index in [2.05, 4.69) is 32.2 Å². The summed E-state index contributed by atoms with van der Waals surface area (Å²) in [6.45, 7) is 8.44. The van der Waals surface area contributed by atoms with E-state index in [1.165, 1.54) is 5.19 Å². The molecule has 10 heteroatoms. The van der Waals surface area contributed by atoms with E-state index in [1.807, 2.05) is 59.5 Å². The first-order chi connectivity index (χ1) is 22.1. The molecule has 4 aliphatic rings. The number of carbonyl (C=O) groups is 3. The van der Waals surface area contributed by atoms with Crippen molar-refractivity contribution in [2.24, 2.45) is 5.92 Å². The summed E-state index contributed by atoms with van der Waals surface area (Å²) < 4.78 is 12.5. The van der Waals surface area contributed by atoms with Gasteiger partial charge in [-0.05, 0) is 60.0 Å². The van der Waals surface area contributed by atoms with Crippen LogP contribution in [0.4, 0.5) is 17.1 Å². The molecule has 4 atom stereocenters. The molecule has 0 radical (unpaired) electrons. The van der Waals surface area contributed by atoms with E-state index in [-0.39, 0.29) is 41.9 Å². The third-order valence-corrected chi connectivity index (χ3v) is 15.2. The summed E-state index contributed by atoms with van der Waals surface area (Å²) in [4.78, 5) is 44.7. The predicted molar refractivity (Wildman–Crippen MR) is 179 cm³/mol. The van der Waals surface area contributed by atoms with Crippen LogP contribution >= 0.6 is 0 Å². The fourth-order valence-electron chi connectivity index (χ4n) is 8.16. The van der Waals surface area contributed by atoms with Crippen LogP contribution in [0.15, 0.2) is 66.7 Å². The van der Waals surface area contributed by atoms with Gasteiger partial charge in [-0.3, -0.25) is 14.4 Å². The highest BCUT2D eigenvalue weighted by atomic mass is 28.3. The maximum atomic E-state index is 15.0. The molecule has 3 amide bonds. The summed E-state index contributed by atoms with van der Waals surface area (Å²) in [7, 11) is -0.651. The predicted octanol–water partition coefficient (Wildman–Crippen LogP) is 4.31. The first-order valence-corrected chi connectivity index (χ1v) is 19.3. The fourth-order valence-corrected chi connectivity index (χ4v) is 12.2. The van der Waals surface area contributed by atoms with Gasteiger partial charge in [-0.2, -0.15) is 0 Å². The molecule has 240 valence electrons. The summed E-state index contributed by atoms with van der Waals surface area (Å²) in [5.41, 5.74) is 2.91. The molecule has 4 heterocycles. The molecule has 0 aliphatic carbocycles. The van der Waals surface area contributed by atoms with E-state index < -0.39 is 13.7 Å². The molecular formula is C36H41N3O6Si. The van der Waals surface area contributed by atoms with Crippen molar-refractivity contribution in [2.75, 3.05) is 41.5 Å². The highest BCUT2D eigenvalue weighted by molar-refractivity contribution is 6.91. The molecule has 7 rings (SSSR count). The van der Waals surface area contributed by atoms with E-state index in [9.17, 15) is 19.5 Å². The molecule has 4 aliphatic heterocycles. The Hall–Kier alpha value is -3.99. The van der Waals surface area contributed by atoms with Crippen molar-refractivity contribution in [2.45, 2.75) is 63.1 Å². The lowest BCUT2D eigenvalue weighted by atomic mass is 9.82. The number of ether oxygens (including phenoxy) is 2. The lowest BCUT2D eigenvalue weighted by Gasteiger charge is -2.37. The highest BCUT2D eigenvalue weighted by Gasteiger charge is 2.66. The average molecular weight is 640 g/mol. The lowest BCUT2D eigenvalue weighted by molar-refractivity contribution is -0.146. The van der Waals surface area contributed by atoms with Crippen LogP contribution in [0.2, 0.25) is 18.6 Å². The van der Waals surface area contributed by atoms with Crippen LogP contribution < -0.4 is 24.6 Å². The van der Waals surface area contributed by atoms with E-state index in [4.69, 9.17) is 9.47 Å². The van der Waals surface area contributed by atoms with Crippen molar-refractivity contribution in [1.82, 2.24) is 0 Å². The van der Waals surface area contributed by atoms with E-state index >= 15 is 0 Å². The summed E-state index contributed by atoms with van der Waals surface area (Å²) >= 11 is 0. The molecule has 0 aromatic heterocycles. The number of aliphatic hydroxyl groups excluding tert-OH is 1. The zero-order valence-corrected chi connectivity index (χ0v) is 27.9. The van der Waals surface area contributed by atoms with Crippen LogP contribution in [-0.2, 0) is 31.3 Å². The van der Waals surface area contributed by atoms with Crippen molar-refractivity contribution in [3.8, 4) is 5.75 Å². The van der Waals surface area contributed by atoms with Gasteiger partial charge in [-0.1, -0.05) is 49.5 Å². The number of benzene rings is 3. The second-order valence-electron chi connectivity index (χ2n) is 13.5. The molecule has 3 aromatic carbocycles. The number of rotatable bonds is 9. The Morgan fingerprint density at radius 1 is 0.913 bits per heavy atom. The van der Waals surface area contributed by atoms with Gasteiger partial charge in [-0.25, -0.2) is 0 Å². The SMILES string of the molecule is COc1ccc([Si](C)(C)[C@@H]2[C@@H](CCO)O[C@]3(C(=O)N(Cc4ccc(N5CCC5=O)cc4)c4ccc(N5CCC5=O)cc43)[C@H]2C)cc1. The second-order valence-corrected chi connectivity index (χ2v) is 18.2. The maximum Gasteiger partial charge on any atom is 0.264 e. The number of β-lactam (4-membered cyclic amide) rings is 2. The van der Waals surface area contributed by atoms with E-state index in [1.54, 1.807) is 16.9 Å². The van der Waals surface area contributed by atoms with Crippen molar-refractivity contribution >= 4 is 48.0 Å². The van der Waals surface area contributed by atoms with Crippen LogP contribution in [0.3, 0.4) is 0 Å². The minimum Gasteiger partial charge on any atom is -0.497 e. The van der Waals surface area contributed by atoms with Gasteiger partial charge in [0.1, 0.15) is 5.75 Å². The van der Waals surface area contributed by atoms with Gasteiger partial charge in [0.2, 0.25) is 11.8 Å². The van der Waals surface area contributed by atoms with E-state index in [0.29, 0.717) is 32.4 Å². The summed E-state index contributed by atoms with van der Waals surface area (Å²) in [5.74, 6) is 0.664. The molecule has 1 spiro atoms. The Bertz CT molecular complexity index is 1690. The molecule has 0 saturated carbocycles. The third-order valence-electron chi connectivity index (χ3n) is 10.8. The molecule has 0 unspecified atom stereocenters. The normalized spacial score (nSPS) is 25.6. The Labute approximate surface area is 270 Å². The van der Waals surface area contributed by atoms with Crippen LogP contribution in [0.1, 0.15) is 37.3 Å². The topological polar surface area (TPSA) is 99.6 Å². The number of amides is 3.